The molecule has 1 aromatic heterocycles. The molecule has 35 heavy (non-hydrogen) atoms. The Kier molecular flexibility index (Phi) is 7.66. The molecule has 4 rings (SSSR count). The van der Waals surface area contributed by atoms with Gasteiger partial charge in [0, 0.05) is 22.9 Å². The van der Waals surface area contributed by atoms with Crippen molar-refractivity contribution < 1.29 is 19.4 Å². The molecule has 0 aliphatic heterocycles. The molecule has 0 atom stereocenters. The highest BCUT2D eigenvalue weighted by molar-refractivity contribution is 6.11. The minimum atomic E-state index is -0.833. The van der Waals surface area contributed by atoms with Crippen LogP contribution in [0.4, 0.5) is 0 Å². The molecule has 0 aliphatic rings. The van der Waals surface area contributed by atoms with Gasteiger partial charge in [-0.2, -0.15) is 0 Å². The Bertz CT molecular complexity index is 1340. The van der Waals surface area contributed by atoms with E-state index in [9.17, 15) is 9.59 Å². The third kappa shape index (κ3) is 6.18. The monoisotopic (exact) mass is 469 g/mol. The Hall–Kier alpha value is -3.86. The molecule has 3 aromatic carbocycles. The SMILES string of the molecule is CC(C)Cc1cccc(OCc2cccc(C(=O)c3[nH]c4ccccc4c3CCCC(=O)O)c2)c1. The summed E-state index contributed by atoms with van der Waals surface area (Å²) in [6, 6.07) is 23.4. The Morgan fingerprint density at radius 3 is 2.51 bits per heavy atom. The van der Waals surface area contributed by atoms with Crippen LogP contribution in [0.5, 0.6) is 5.75 Å². The quantitative estimate of drug-likeness (QED) is 0.243. The molecule has 0 bridgehead atoms. The van der Waals surface area contributed by atoms with Gasteiger partial charge in [0.05, 0.1) is 5.69 Å². The Balaban J connectivity index is 1.53. The molecule has 0 saturated carbocycles. The van der Waals surface area contributed by atoms with Gasteiger partial charge in [-0.15, -0.1) is 0 Å². The number of ether oxygens (including phenoxy) is 1. The van der Waals surface area contributed by atoms with E-state index in [1.165, 1.54) is 5.56 Å². The van der Waals surface area contributed by atoms with Crippen molar-refractivity contribution >= 4 is 22.7 Å². The van der Waals surface area contributed by atoms with Gasteiger partial charge in [-0.1, -0.05) is 62.4 Å². The number of ketones is 1. The second-order valence-electron chi connectivity index (χ2n) is 9.33. The lowest BCUT2D eigenvalue weighted by Crippen LogP contribution is -2.07. The van der Waals surface area contributed by atoms with Gasteiger partial charge in [0.1, 0.15) is 12.4 Å². The molecular formula is C30H31NO4. The normalized spacial score (nSPS) is 11.2. The van der Waals surface area contributed by atoms with Gasteiger partial charge in [0.15, 0.2) is 0 Å². The van der Waals surface area contributed by atoms with Crippen molar-refractivity contribution in [2.24, 2.45) is 5.92 Å². The van der Waals surface area contributed by atoms with Crippen LogP contribution >= 0.6 is 0 Å². The number of carbonyl (C=O) groups is 2. The average molecular weight is 470 g/mol. The highest BCUT2D eigenvalue weighted by Crippen LogP contribution is 2.27. The largest absolute Gasteiger partial charge is 0.489 e. The molecule has 0 fully saturated rings. The molecule has 4 aromatic rings. The van der Waals surface area contributed by atoms with Gasteiger partial charge in [-0.05, 0) is 66.1 Å². The molecule has 2 N–H and O–H groups in total. The molecule has 5 heteroatoms. The summed E-state index contributed by atoms with van der Waals surface area (Å²) in [5, 5.41) is 10.0. The molecule has 0 radical (unpaired) electrons. The van der Waals surface area contributed by atoms with Crippen LogP contribution in [0.15, 0.2) is 72.8 Å². The van der Waals surface area contributed by atoms with Crippen LogP contribution < -0.4 is 4.74 Å². The number of aromatic amines is 1. The maximum atomic E-state index is 13.5. The fraction of sp³-hybridized carbons (Fsp3) is 0.267. The number of hydrogen-bond acceptors (Lipinski definition) is 3. The zero-order chi connectivity index (χ0) is 24.8. The third-order valence-corrected chi connectivity index (χ3v) is 6.00. The van der Waals surface area contributed by atoms with Crippen molar-refractivity contribution in [1.82, 2.24) is 4.98 Å². The van der Waals surface area contributed by atoms with E-state index in [-0.39, 0.29) is 12.2 Å². The summed E-state index contributed by atoms with van der Waals surface area (Å²) < 4.78 is 6.03. The maximum Gasteiger partial charge on any atom is 0.303 e. The van der Waals surface area contributed by atoms with Crippen LogP contribution in [0, 0.1) is 5.92 Å². The van der Waals surface area contributed by atoms with Gasteiger partial charge >= 0.3 is 5.97 Å². The number of aliphatic carboxylic acids is 1. The summed E-state index contributed by atoms with van der Waals surface area (Å²) in [4.78, 5) is 27.8. The predicted octanol–water partition coefficient (Wildman–Crippen LogP) is 6.58. The number of fused-ring (bicyclic) bond motifs is 1. The number of aromatic nitrogens is 1. The smallest absolute Gasteiger partial charge is 0.303 e. The van der Waals surface area contributed by atoms with Crippen LogP contribution in [0.3, 0.4) is 0 Å². The third-order valence-electron chi connectivity index (χ3n) is 6.00. The summed E-state index contributed by atoms with van der Waals surface area (Å²) in [5.74, 6) is 0.454. The first-order chi connectivity index (χ1) is 16.9. The Labute approximate surface area is 205 Å². The number of carboxylic acid groups (broad SMARTS) is 1. The molecular weight excluding hydrogens is 438 g/mol. The van der Waals surface area contributed by atoms with E-state index in [1.54, 1.807) is 0 Å². The van der Waals surface area contributed by atoms with E-state index in [0.717, 1.165) is 34.2 Å². The predicted molar refractivity (Wildman–Crippen MR) is 138 cm³/mol. The lowest BCUT2D eigenvalue weighted by Gasteiger charge is -2.10. The minimum absolute atomic E-state index is 0.0678. The second-order valence-corrected chi connectivity index (χ2v) is 9.33. The van der Waals surface area contributed by atoms with Crippen LogP contribution in [0.1, 0.15) is 59.4 Å². The number of carbonyl (C=O) groups excluding carboxylic acids is 1. The van der Waals surface area contributed by atoms with Crippen LogP contribution in [-0.4, -0.2) is 21.8 Å². The van der Waals surface area contributed by atoms with Crippen LogP contribution in [0.25, 0.3) is 10.9 Å². The molecule has 0 saturated heterocycles. The first kappa shape index (κ1) is 24.3. The standard InChI is InChI=1S/C30H31NO4/c1-20(2)16-21-8-6-11-24(18-21)35-19-22-9-5-10-23(17-22)30(34)29-26(13-7-15-28(32)33)25-12-3-4-14-27(25)31-29/h3-6,8-12,14,17-18,20,31H,7,13,15-16,19H2,1-2H3,(H,32,33). The zero-order valence-electron chi connectivity index (χ0n) is 20.2. The average Bonchev–Trinajstić information content (AvgIpc) is 3.21. The summed E-state index contributed by atoms with van der Waals surface area (Å²) in [5.41, 5.74) is 5.00. The summed E-state index contributed by atoms with van der Waals surface area (Å²) >= 11 is 0. The van der Waals surface area contributed by atoms with Crippen molar-refractivity contribution in [2.75, 3.05) is 0 Å². The fourth-order valence-electron chi connectivity index (χ4n) is 4.42. The lowest BCUT2D eigenvalue weighted by atomic mass is 9.98. The fourth-order valence-corrected chi connectivity index (χ4v) is 4.42. The number of nitrogens with one attached hydrogen (secondary N) is 1. The Morgan fingerprint density at radius 2 is 1.71 bits per heavy atom. The number of rotatable bonds is 11. The molecule has 0 spiro atoms. The van der Waals surface area contributed by atoms with Crippen LogP contribution in [0.2, 0.25) is 0 Å². The zero-order valence-corrected chi connectivity index (χ0v) is 20.2. The van der Waals surface area contributed by atoms with Crippen molar-refractivity contribution in [3.05, 3.63) is 101 Å². The topological polar surface area (TPSA) is 79.4 Å². The number of aryl methyl sites for hydroxylation is 1. The number of hydrogen-bond donors (Lipinski definition) is 2. The second kappa shape index (κ2) is 11.0. The lowest BCUT2D eigenvalue weighted by molar-refractivity contribution is -0.137. The molecule has 180 valence electrons. The van der Waals surface area contributed by atoms with Gasteiger partial charge < -0.3 is 14.8 Å². The van der Waals surface area contributed by atoms with Crippen molar-refractivity contribution in [1.29, 1.82) is 0 Å². The molecule has 1 heterocycles. The summed E-state index contributed by atoms with van der Waals surface area (Å²) in [7, 11) is 0. The Morgan fingerprint density at radius 1 is 0.943 bits per heavy atom. The molecule has 0 unspecified atom stereocenters. The number of carboxylic acids is 1. The van der Waals surface area contributed by atoms with Gasteiger partial charge in [0.25, 0.3) is 0 Å². The highest BCUT2D eigenvalue weighted by atomic mass is 16.5. The highest BCUT2D eigenvalue weighted by Gasteiger charge is 2.19. The first-order valence-corrected chi connectivity index (χ1v) is 12.1. The summed E-state index contributed by atoms with van der Waals surface area (Å²) in [6.45, 7) is 4.76. The maximum absolute atomic E-state index is 13.5. The van der Waals surface area contributed by atoms with Crippen molar-refractivity contribution in [3.63, 3.8) is 0 Å². The number of benzene rings is 3. The van der Waals surface area contributed by atoms with E-state index in [0.29, 0.717) is 36.6 Å². The van der Waals surface area contributed by atoms with Crippen molar-refractivity contribution in [2.45, 2.75) is 46.1 Å². The summed E-state index contributed by atoms with van der Waals surface area (Å²) in [6.07, 6.45) is 2.06. The van der Waals surface area contributed by atoms with Gasteiger partial charge in [0.2, 0.25) is 5.78 Å². The van der Waals surface area contributed by atoms with Gasteiger partial charge in [-0.3, -0.25) is 9.59 Å². The van der Waals surface area contributed by atoms with E-state index in [4.69, 9.17) is 9.84 Å². The van der Waals surface area contributed by atoms with Crippen LogP contribution in [-0.2, 0) is 24.2 Å². The molecule has 5 nitrogen and oxygen atoms in total. The van der Waals surface area contributed by atoms with Crippen molar-refractivity contribution in [3.8, 4) is 5.75 Å². The van der Waals surface area contributed by atoms with E-state index < -0.39 is 5.97 Å². The molecule has 0 amide bonds. The van der Waals surface area contributed by atoms with E-state index >= 15 is 0 Å². The number of H-pyrrole nitrogens is 1. The van der Waals surface area contributed by atoms with E-state index in [1.807, 2.05) is 60.7 Å². The minimum Gasteiger partial charge on any atom is -0.489 e. The van der Waals surface area contributed by atoms with E-state index in [2.05, 4.69) is 31.0 Å². The van der Waals surface area contributed by atoms with Gasteiger partial charge in [-0.25, -0.2) is 0 Å². The molecule has 0 aliphatic carbocycles. The first-order valence-electron chi connectivity index (χ1n) is 12.1. The number of para-hydroxylation sites is 1.